The molecule has 6 heteroatoms. The van der Waals surface area contributed by atoms with E-state index >= 15 is 0 Å². The quantitative estimate of drug-likeness (QED) is 0.709. The molecule has 0 amide bonds. The van der Waals surface area contributed by atoms with Crippen molar-refractivity contribution in [1.82, 2.24) is 19.9 Å². The number of hydrogen-bond donors (Lipinski definition) is 2. The number of rotatable bonds is 5. The first-order chi connectivity index (χ1) is 10.7. The van der Waals surface area contributed by atoms with Gasteiger partial charge in [-0.05, 0) is 24.6 Å². The molecule has 3 heterocycles. The number of anilines is 1. The lowest BCUT2D eigenvalue weighted by Gasteiger charge is -2.03. The third kappa shape index (κ3) is 2.77. The molecule has 0 fully saturated rings. The Kier molecular flexibility index (Phi) is 4.00. The zero-order valence-corrected chi connectivity index (χ0v) is 13.2. The molecule has 0 unspecified atom stereocenters. The zero-order valence-electron chi connectivity index (χ0n) is 13.2. The minimum atomic E-state index is 0.344. The van der Waals surface area contributed by atoms with E-state index < -0.39 is 0 Å². The number of imidazole rings is 1. The molecule has 0 spiro atoms. The van der Waals surface area contributed by atoms with E-state index in [0.29, 0.717) is 5.92 Å². The Labute approximate surface area is 129 Å². The molecule has 3 aromatic heterocycles. The smallest absolute Gasteiger partial charge is 0.294 e. The molecule has 3 aromatic rings. The van der Waals surface area contributed by atoms with Crippen molar-refractivity contribution in [1.29, 1.82) is 0 Å². The molecule has 0 bridgehead atoms. The average molecular weight is 297 g/mol. The summed E-state index contributed by atoms with van der Waals surface area (Å²) in [4.78, 5) is 16.8. The minimum absolute atomic E-state index is 0.344. The molecule has 0 saturated heterocycles. The van der Waals surface area contributed by atoms with Crippen molar-refractivity contribution < 1.29 is 4.57 Å². The van der Waals surface area contributed by atoms with Crippen LogP contribution < -0.4 is 9.88 Å². The number of nitrogens with zero attached hydrogens (tertiary/aromatic N) is 4. The lowest BCUT2D eigenvalue weighted by molar-refractivity contribution is -0.667. The molecule has 114 valence electrons. The van der Waals surface area contributed by atoms with Gasteiger partial charge in [0.15, 0.2) is 11.3 Å². The van der Waals surface area contributed by atoms with E-state index in [2.05, 4.69) is 45.6 Å². The number of aromatic amines is 1. The molecule has 2 N–H and O–H groups in total. The molecular formula is C16H21N6+. The highest BCUT2D eigenvalue weighted by atomic mass is 15.2. The van der Waals surface area contributed by atoms with Crippen molar-refractivity contribution in [3.8, 4) is 0 Å². The van der Waals surface area contributed by atoms with Crippen molar-refractivity contribution in [3.63, 3.8) is 0 Å². The number of hydrogen-bond acceptors (Lipinski definition) is 4. The topological polar surface area (TPSA) is 70.4 Å². The summed E-state index contributed by atoms with van der Waals surface area (Å²) in [6, 6.07) is 4.01. The van der Waals surface area contributed by atoms with Crippen LogP contribution in [0.25, 0.3) is 11.2 Å². The van der Waals surface area contributed by atoms with E-state index in [-0.39, 0.29) is 0 Å². The fourth-order valence-electron chi connectivity index (χ4n) is 2.38. The number of fused-ring (bicyclic) bond motifs is 1. The van der Waals surface area contributed by atoms with Gasteiger partial charge in [0.25, 0.3) is 5.65 Å². The second-order valence-corrected chi connectivity index (χ2v) is 5.58. The van der Waals surface area contributed by atoms with Crippen LogP contribution in [-0.4, -0.2) is 26.5 Å². The van der Waals surface area contributed by atoms with Crippen LogP contribution in [0.2, 0.25) is 0 Å². The molecule has 0 aromatic carbocycles. The van der Waals surface area contributed by atoms with Crippen molar-refractivity contribution in [2.24, 2.45) is 0 Å². The lowest BCUT2D eigenvalue weighted by atomic mass is 10.2. The van der Waals surface area contributed by atoms with E-state index in [1.165, 1.54) is 5.56 Å². The summed E-state index contributed by atoms with van der Waals surface area (Å²) in [7, 11) is 0. The second kappa shape index (κ2) is 6.09. The highest BCUT2D eigenvalue weighted by molar-refractivity contribution is 5.80. The summed E-state index contributed by atoms with van der Waals surface area (Å²) in [5.74, 6) is 2.17. The largest absolute Gasteiger partial charge is 0.355 e. The minimum Gasteiger partial charge on any atom is -0.355 e. The molecule has 0 aliphatic carbocycles. The van der Waals surface area contributed by atoms with E-state index in [0.717, 1.165) is 35.9 Å². The van der Waals surface area contributed by atoms with Crippen LogP contribution in [0.5, 0.6) is 0 Å². The Morgan fingerprint density at radius 2 is 2.05 bits per heavy atom. The highest BCUT2D eigenvalue weighted by Crippen LogP contribution is 2.19. The van der Waals surface area contributed by atoms with Gasteiger partial charge >= 0.3 is 0 Å². The second-order valence-electron chi connectivity index (χ2n) is 5.58. The van der Waals surface area contributed by atoms with Crippen molar-refractivity contribution in [2.75, 3.05) is 11.9 Å². The fraction of sp³-hybridized carbons (Fsp3) is 0.375. The first-order valence-corrected chi connectivity index (χ1v) is 7.60. The molecule has 22 heavy (non-hydrogen) atoms. The number of H-pyrrole nitrogens is 1. The van der Waals surface area contributed by atoms with Gasteiger partial charge in [-0.2, -0.15) is 0 Å². The summed E-state index contributed by atoms with van der Waals surface area (Å²) < 4.78 is 2.06. The molecule has 0 aliphatic heterocycles. The predicted molar refractivity (Wildman–Crippen MR) is 85.7 cm³/mol. The highest BCUT2D eigenvalue weighted by Gasteiger charge is 2.21. The van der Waals surface area contributed by atoms with Crippen molar-refractivity contribution >= 4 is 17.0 Å². The molecule has 0 saturated carbocycles. The number of aromatic nitrogens is 5. The van der Waals surface area contributed by atoms with Gasteiger partial charge < -0.3 is 10.3 Å². The van der Waals surface area contributed by atoms with Crippen molar-refractivity contribution in [2.45, 2.75) is 33.2 Å². The Morgan fingerprint density at radius 1 is 1.27 bits per heavy atom. The van der Waals surface area contributed by atoms with Gasteiger partial charge in [0, 0.05) is 24.9 Å². The summed E-state index contributed by atoms with van der Waals surface area (Å²) >= 11 is 0. The molecule has 0 aliphatic rings. The van der Waals surface area contributed by atoms with E-state index in [9.17, 15) is 0 Å². The predicted octanol–water partition coefficient (Wildman–Crippen LogP) is 2.24. The van der Waals surface area contributed by atoms with Crippen LogP contribution in [0.4, 0.5) is 5.82 Å². The van der Waals surface area contributed by atoms with Gasteiger partial charge in [0.2, 0.25) is 12.1 Å². The maximum absolute atomic E-state index is 4.76. The van der Waals surface area contributed by atoms with Gasteiger partial charge in [-0.1, -0.05) is 23.8 Å². The van der Waals surface area contributed by atoms with Gasteiger partial charge in [-0.15, -0.1) is 0 Å². The van der Waals surface area contributed by atoms with Crippen LogP contribution in [0.15, 0.2) is 30.9 Å². The third-order valence-corrected chi connectivity index (χ3v) is 3.53. The Balaban J connectivity index is 2.08. The first-order valence-electron chi connectivity index (χ1n) is 7.60. The summed E-state index contributed by atoms with van der Waals surface area (Å²) in [6.45, 7) is 7.87. The molecule has 0 atom stereocenters. The number of pyridine rings is 1. The van der Waals surface area contributed by atoms with Gasteiger partial charge in [0.1, 0.15) is 0 Å². The summed E-state index contributed by atoms with van der Waals surface area (Å²) in [5.41, 5.74) is 3.06. The molecule has 3 rings (SSSR count). The normalized spacial score (nSPS) is 11.3. The first kappa shape index (κ1) is 14.4. The Hall–Kier alpha value is -2.50. The van der Waals surface area contributed by atoms with Crippen LogP contribution in [0.3, 0.4) is 0 Å². The van der Waals surface area contributed by atoms with Crippen LogP contribution >= 0.6 is 0 Å². The van der Waals surface area contributed by atoms with Gasteiger partial charge in [-0.25, -0.2) is 4.57 Å². The average Bonchev–Trinajstić information content (AvgIpc) is 2.97. The monoisotopic (exact) mass is 297 g/mol. The van der Waals surface area contributed by atoms with Crippen molar-refractivity contribution in [3.05, 3.63) is 42.2 Å². The lowest BCUT2D eigenvalue weighted by Crippen LogP contribution is -2.36. The summed E-state index contributed by atoms with van der Waals surface area (Å²) in [5, 5.41) is 3.29. The van der Waals surface area contributed by atoms with E-state index in [1.807, 2.05) is 18.5 Å². The summed E-state index contributed by atoms with van der Waals surface area (Å²) in [6.07, 6.45) is 5.45. The maximum Gasteiger partial charge on any atom is 0.294 e. The third-order valence-electron chi connectivity index (χ3n) is 3.53. The van der Waals surface area contributed by atoms with Crippen LogP contribution in [0, 0.1) is 0 Å². The molecule has 6 nitrogen and oxygen atoms in total. The van der Waals surface area contributed by atoms with Gasteiger partial charge in [-0.3, -0.25) is 4.98 Å². The standard InChI is InChI=1S/C16H20N6/c1-4-18-15-13-16(21-14(20-13)11(2)3)22(10-19-15)9-12-5-7-17-8-6-12/h5-8,10-11H,4,9H2,1-3H3,(H,18,20,21)/p+1. The van der Waals surface area contributed by atoms with Crippen LogP contribution in [-0.2, 0) is 6.54 Å². The van der Waals surface area contributed by atoms with Crippen LogP contribution in [0.1, 0.15) is 38.1 Å². The van der Waals surface area contributed by atoms with Gasteiger partial charge in [0.05, 0.1) is 6.54 Å². The molecule has 0 radical (unpaired) electrons. The SMILES string of the molecule is CCNc1nc[n+](Cc2ccncc2)c2nc(C(C)C)[nH]c12. The Bertz CT molecular complexity index is 763. The fourth-order valence-corrected chi connectivity index (χ4v) is 2.38. The zero-order chi connectivity index (χ0) is 15.5. The number of nitrogens with one attached hydrogen (secondary N) is 2. The van der Waals surface area contributed by atoms with E-state index in [1.54, 1.807) is 12.4 Å². The molecular weight excluding hydrogens is 276 g/mol. The Morgan fingerprint density at radius 3 is 2.73 bits per heavy atom. The maximum atomic E-state index is 4.76. The van der Waals surface area contributed by atoms with E-state index in [4.69, 9.17) is 4.98 Å².